The maximum atomic E-state index is 13.8. The molecule has 0 aliphatic carbocycles. The van der Waals surface area contributed by atoms with Crippen molar-refractivity contribution in [1.82, 2.24) is 5.32 Å². The molecule has 1 heterocycles. The molecule has 0 radical (unpaired) electrons. The van der Waals surface area contributed by atoms with Crippen LogP contribution in [0, 0.1) is 5.82 Å². The molecule has 0 unspecified atom stereocenters. The molecule has 0 saturated carbocycles. The first-order chi connectivity index (χ1) is 16.2. The number of imide groups is 2. The molecule has 1 N–H and O–H groups in total. The van der Waals surface area contributed by atoms with Crippen molar-refractivity contribution in [3.8, 4) is 5.75 Å². The van der Waals surface area contributed by atoms with Crippen LogP contribution in [0.25, 0.3) is 6.08 Å². The Morgan fingerprint density at radius 1 is 0.941 bits per heavy atom. The number of carbonyl (C=O) groups excluding carboxylic acids is 3. The van der Waals surface area contributed by atoms with Crippen molar-refractivity contribution in [2.45, 2.75) is 6.61 Å². The summed E-state index contributed by atoms with van der Waals surface area (Å²) in [7, 11) is 0. The van der Waals surface area contributed by atoms with E-state index in [1.54, 1.807) is 30.3 Å². The predicted octanol–water partition coefficient (Wildman–Crippen LogP) is 6.03. The standard InChI is InChI=1S/C24H14Cl3FN2O4/c25-15-5-3-6-16(11-15)30-23(32)17(22(31)29-24(30)33)8-13-9-18(26)21(19(27)10-13)34-12-14-4-1-2-7-20(14)28/h1-11H,12H2,(H,29,31,33)/b17-8+. The zero-order valence-corrected chi connectivity index (χ0v) is 19.4. The Morgan fingerprint density at radius 3 is 2.32 bits per heavy atom. The molecule has 1 aliphatic rings. The molecule has 6 nitrogen and oxygen atoms in total. The average molecular weight is 520 g/mol. The van der Waals surface area contributed by atoms with Gasteiger partial charge in [0.05, 0.1) is 15.7 Å². The van der Waals surface area contributed by atoms with Crippen molar-refractivity contribution in [3.05, 3.63) is 98.2 Å². The molecule has 4 rings (SSSR count). The fourth-order valence-corrected chi connectivity index (χ4v) is 4.04. The van der Waals surface area contributed by atoms with Gasteiger partial charge in [-0.3, -0.25) is 14.9 Å². The third kappa shape index (κ3) is 4.92. The number of hydrogen-bond donors (Lipinski definition) is 1. The number of urea groups is 1. The van der Waals surface area contributed by atoms with E-state index < -0.39 is 23.7 Å². The number of nitrogens with zero attached hydrogens (tertiary/aromatic N) is 1. The van der Waals surface area contributed by atoms with Gasteiger partial charge in [-0.25, -0.2) is 14.1 Å². The first kappa shape index (κ1) is 23.8. The first-order valence-corrected chi connectivity index (χ1v) is 10.9. The van der Waals surface area contributed by atoms with E-state index in [-0.39, 0.29) is 33.7 Å². The second-order valence-electron chi connectivity index (χ2n) is 7.13. The summed E-state index contributed by atoms with van der Waals surface area (Å²) in [5, 5.41) is 2.60. The zero-order valence-electron chi connectivity index (χ0n) is 17.2. The lowest BCUT2D eigenvalue weighted by atomic mass is 10.1. The molecular formula is C24H14Cl3FN2O4. The van der Waals surface area contributed by atoms with Gasteiger partial charge in [-0.15, -0.1) is 0 Å². The van der Waals surface area contributed by atoms with Gasteiger partial charge in [0, 0.05) is 10.6 Å². The second-order valence-corrected chi connectivity index (χ2v) is 8.38. The Balaban J connectivity index is 1.62. The summed E-state index contributed by atoms with van der Waals surface area (Å²) in [5.41, 5.74) is 0.510. The van der Waals surface area contributed by atoms with E-state index >= 15 is 0 Å². The molecule has 3 aromatic carbocycles. The van der Waals surface area contributed by atoms with Gasteiger partial charge >= 0.3 is 6.03 Å². The highest BCUT2D eigenvalue weighted by atomic mass is 35.5. The molecule has 0 spiro atoms. The minimum atomic E-state index is -0.901. The van der Waals surface area contributed by atoms with Crippen LogP contribution in [0.3, 0.4) is 0 Å². The lowest BCUT2D eigenvalue weighted by molar-refractivity contribution is -0.122. The van der Waals surface area contributed by atoms with E-state index in [1.807, 2.05) is 0 Å². The number of ether oxygens (including phenoxy) is 1. The molecule has 34 heavy (non-hydrogen) atoms. The Labute approximate surface area is 208 Å². The van der Waals surface area contributed by atoms with Gasteiger partial charge in [-0.1, -0.05) is 59.1 Å². The SMILES string of the molecule is O=C1NC(=O)N(c2cccc(Cl)c2)C(=O)/C1=C/c1cc(Cl)c(OCc2ccccc2F)c(Cl)c1. The third-order valence-corrected chi connectivity index (χ3v) is 5.63. The fourth-order valence-electron chi connectivity index (χ4n) is 3.24. The molecule has 0 aromatic heterocycles. The van der Waals surface area contributed by atoms with Gasteiger partial charge in [0.2, 0.25) is 0 Å². The molecule has 0 atom stereocenters. The summed E-state index contributed by atoms with van der Waals surface area (Å²) in [6.07, 6.45) is 1.25. The minimum absolute atomic E-state index is 0.0853. The van der Waals surface area contributed by atoms with Crippen LogP contribution in [0.2, 0.25) is 15.1 Å². The summed E-state index contributed by atoms with van der Waals surface area (Å²) < 4.78 is 19.4. The van der Waals surface area contributed by atoms with E-state index in [9.17, 15) is 18.8 Å². The number of halogens is 4. The smallest absolute Gasteiger partial charge is 0.335 e. The maximum Gasteiger partial charge on any atom is 0.335 e. The number of rotatable bonds is 5. The third-order valence-electron chi connectivity index (χ3n) is 4.83. The van der Waals surface area contributed by atoms with Crippen LogP contribution >= 0.6 is 34.8 Å². The number of nitrogens with one attached hydrogen (secondary N) is 1. The van der Waals surface area contributed by atoms with Crippen LogP contribution in [0.1, 0.15) is 11.1 Å². The van der Waals surface area contributed by atoms with E-state index in [0.717, 1.165) is 4.90 Å². The van der Waals surface area contributed by atoms with Crippen LogP contribution in [-0.4, -0.2) is 17.8 Å². The Kier molecular flexibility index (Phi) is 6.88. The van der Waals surface area contributed by atoms with Crippen molar-refractivity contribution in [1.29, 1.82) is 0 Å². The van der Waals surface area contributed by atoms with Crippen LogP contribution < -0.4 is 15.0 Å². The monoisotopic (exact) mass is 518 g/mol. The van der Waals surface area contributed by atoms with Gasteiger partial charge in [-0.2, -0.15) is 0 Å². The van der Waals surface area contributed by atoms with Gasteiger partial charge in [0.1, 0.15) is 18.0 Å². The van der Waals surface area contributed by atoms with Crippen LogP contribution in [0.5, 0.6) is 5.75 Å². The van der Waals surface area contributed by atoms with Gasteiger partial charge in [-0.05, 0) is 48.0 Å². The highest BCUT2D eigenvalue weighted by Crippen LogP contribution is 2.36. The van der Waals surface area contributed by atoms with E-state index in [4.69, 9.17) is 39.5 Å². The van der Waals surface area contributed by atoms with E-state index in [1.165, 1.54) is 36.4 Å². The topological polar surface area (TPSA) is 75.7 Å². The van der Waals surface area contributed by atoms with Crippen LogP contribution in [-0.2, 0) is 16.2 Å². The summed E-state index contributed by atoms with van der Waals surface area (Å²) >= 11 is 18.6. The predicted molar refractivity (Wildman–Crippen MR) is 128 cm³/mol. The molecule has 172 valence electrons. The Morgan fingerprint density at radius 2 is 1.65 bits per heavy atom. The molecule has 1 aliphatic heterocycles. The molecule has 10 heteroatoms. The van der Waals surface area contributed by atoms with Gasteiger partial charge in [0.15, 0.2) is 5.75 Å². The lowest BCUT2D eigenvalue weighted by Gasteiger charge is -2.26. The van der Waals surface area contributed by atoms with Crippen molar-refractivity contribution in [2.24, 2.45) is 0 Å². The van der Waals surface area contributed by atoms with Crippen LogP contribution in [0.4, 0.5) is 14.9 Å². The van der Waals surface area contributed by atoms with Crippen molar-refractivity contribution in [2.75, 3.05) is 4.90 Å². The number of hydrogen-bond acceptors (Lipinski definition) is 4. The Bertz CT molecular complexity index is 1340. The van der Waals surface area contributed by atoms with Crippen molar-refractivity contribution >= 4 is 64.4 Å². The van der Waals surface area contributed by atoms with Crippen LogP contribution in [0.15, 0.2) is 66.2 Å². The maximum absolute atomic E-state index is 13.8. The van der Waals surface area contributed by atoms with Gasteiger partial charge in [0.25, 0.3) is 11.8 Å². The normalized spacial score (nSPS) is 15.0. The van der Waals surface area contributed by atoms with E-state index in [2.05, 4.69) is 5.32 Å². The quantitative estimate of drug-likeness (QED) is 0.330. The summed E-state index contributed by atoms with van der Waals surface area (Å²) in [6, 6.07) is 14.1. The van der Waals surface area contributed by atoms with E-state index in [0.29, 0.717) is 16.1 Å². The van der Waals surface area contributed by atoms with Crippen molar-refractivity contribution in [3.63, 3.8) is 0 Å². The summed E-state index contributed by atoms with van der Waals surface area (Å²) in [4.78, 5) is 38.5. The minimum Gasteiger partial charge on any atom is -0.486 e. The highest BCUT2D eigenvalue weighted by Gasteiger charge is 2.37. The Hall–Kier alpha value is -3.39. The fraction of sp³-hybridized carbons (Fsp3) is 0.0417. The second kappa shape index (κ2) is 9.85. The molecule has 0 bridgehead atoms. The number of carbonyl (C=O) groups is 3. The van der Waals surface area contributed by atoms with Crippen molar-refractivity contribution < 1.29 is 23.5 Å². The number of benzene rings is 3. The number of amides is 4. The largest absolute Gasteiger partial charge is 0.486 e. The number of barbiturate groups is 1. The molecule has 4 amide bonds. The summed E-state index contributed by atoms with van der Waals surface area (Å²) in [6.45, 7) is -0.107. The molecule has 1 saturated heterocycles. The zero-order chi connectivity index (χ0) is 24.4. The molecular weight excluding hydrogens is 506 g/mol. The van der Waals surface area contributed by atoms with Gasteiger partial charge < -0.3 is 4.74 Å². The number of anilines is 1. The highest BCUT2D eigenvalue weighted by molar-refractivity contribution is 6.40. The summed E-state index contributed by atoms with van der Waals surface area (Å²) in [5.74, 6) is -2.04. The molecule has 3 aromatic rings. The lowest BCUT2D eigenvalue weighted by Crippen LogP contribution is -2.54. The average Bonchev–Trinajstić information content (AvgIpc) is 2.77. The first-order valence-electron chi connectivity index (χ1n) is 9.77. The molecule has 1 fully saturated rings.